The monoisotopic (exact) mass is 383 g/mol. The largest absolute Gasteiger partial charge is 0.347 e. The number of aryl methyl sites for hydroxylation is 1. The summed E-state index contributed by atoms with van der Waals surface area (Å²) in [5.74, 6) is -0.352. The van der Waals surface area contributed by atoms with Crippen molar-refractivity contribution in [1.82, 2.24) is 4.98 Å². The number of fused-ring (bicyclic) bond motifs is 1. The van der Waals surface area contributed by atoms with E-state index < -0.39 is 0 Å². The Labute approximate surface area is 162 Å². The second-order valence-electron chi connectivity index (χ2n) is 6.91. The zero-order chi connectivity index (χ0) is 18.8. The van der Waals surface area contributed by atoms with E-state index in [9.17, 15) is 9.18 Å². The van der Waals surface area contributed by atoms with E-state index in [4.69, 9.17) is 0 Å². The molecule has 1 fully saturated rings. The molecule has 1 aliphatic heterocycles. The molecular weight excluding hydrogens is 361 g/mol. The van der Waals surface area contributed by atoms with Crippen LogP contribution in [0.15, 0.2) is 42.5 Å². The normalized spacial score (nSPS) is 17.3. The van der Waals surface area contributed by atoms with Gasteiger partial charge in [0.05, 0.1) is 10.6 Å². The molecule has 1 saturated heterocycles. The quantitative estimate of drug-likeness (QED) is 0.700. The molecule has 140 valence electrons. The maximum absolute atomic E-state index is 13.9. The number of para-hydroxylation sites is 1. The number of halogens is 1. The van der Waals surface area contributed by atoms with Crippen molar-refractivity contribution < 1.29 is 9.18 Å². The fraction of sp³-hybridized carbons (Fsp3) is 0.333. The SMILES string of the molecule is CCc1ccc(NC(=O)C2CCCN(c3nc4c(F)cccc4s3)C2)cc1. The third-order valence-corrected chi connectivity index (χ3v) is 6.13. The van der Waals surface area contributed by atoms with Crippen molar-refractivity contribution in [1.29, 1.82) is 0 Å². The number of amides is 1. The first-order valence-electron chi connectivity index (χ1n) is 9.34. The number of thiazole rings is 1. The maximum Gasteiger partial charge on any atom is 0.229 e. The van der Waals surface area contributed by atoms with Crippen LogP contribution in [0.2, 0.25) is 0 Å². The molecule has 2 heterocycles. The Bertz CT molecular complexity index is 954. The fourth-order valence-electron chi connectivity index (χ4n) is 3.47. The lowest BCUT2D eigenvalue weighted by Crippen LogP contribution is -2.40. The summed E-state index contributed by atoms with van der Waals surface area (Å²) in [4.78, 5) is 19.3. The average molecular weight is 383 g/mol. The molecule has 4 nitrogen and oxygen atoms in total. The van der Waals surface area contributed by atoms with Crippen LogP contribution in [0.1, 0.15) is 25.3 Å². The molecule has 6 heteroatoms. The molecule has 1 amide bonds. The van der Waals surface area contributed by atoms with Crippen LogP contribution in [0.4, 0.5) is 15.2 Å². The van der Waals surface area contributed by atoms with E-state index in [1.807, 2.05) is 30.3 Å². The first-order chi connectivity index (χ1) is 13.1. The van der Waals surface area contributed by atoms with Gasteiger partial charge in [0.25, 0.3) is 0 Å². The van der Waals surface area contributed by atoms with Gasteiger partial charge in [-0.05, 0) is 49.1 Å². The summed E-state index contributed by atoms with van der Waals surface area (Å²) in [5, 5.41) is 3.82. The molecular formula is C21H22FN3OS. The van der Waals surface area contributed by atoms with Crippen LogP contribution in [-0.2, 0) is 11.2 Å². The van der Waals surface area contributed by atoms with Gasteiger partial charge in [-0.15, -0.1) is 0 Å². The Kier molecular flexibility index (Phi) is 5.07. The number of anilines is 2. The number of hydrogen-bond donors (Lipinski definition) is 1. The van der Waals surface area contributed by atoms with Gasteiger partial charge in [0, 0.05) is 18.8 Å². The van der Waals surface area contributed by atoms with Crippen LogP contribution in [-0.4, -0.2) is 24.0 Å². The van der Waals surface area contributed by atoms with E-state index >= 15 is 0 Å². The van der Waals surface area contributed by atoms with Gasteiger partial charge in [-0.25, -0.2) is 9.37 Å². The van der Waals surface area contributed by atoms with Crippen molar-refractivity contribution in [2.24, 2.45) is 5.92 Å². The lowest BCUT2D eigenvalue weighted by molar-refractivity contribution is -0.120. The molecule has 27 heavy (non-hydrogen) atoms. The zero-order valence-electron chi connectivity index (χ0n) is 15.2. The van der Waals surface area contributed by atoms with Crippen molar-refractivity contribution >= 4 is 38.3 Å². The first kappa shape index (κ1) is 17.9. The van der Waals surface area contributed by atoms with E-state index in [-0.39, 0.29) is 17.6 Å². The Balaban J connectivity index is 1.46. The highest BCUT2D eigenvalue weighted by molar-refractivity contribution is 7.22. The molecule has 0 saturated carbocycles. The van der Waals surface area contributed by atoms with Gasteiger partial charge in [0.2, 0.25) is 5.91 Å². The molecule has 3 aromatic rings. The topological polar surface area (TPSA) is 45.2 Å². The van der Waals surface area contributed by atoms with Gasteiger partial charge in [0.1, 0.15) is 11.3 Å². The fourth-order valence-corrected chi connectivity index (χ4v) is 4.49. The summed E-state index contributed by atoms with van der Waals surface area (Å²) in [6.45, 7) is 3.56. The second kappa shape index (κ2) is 7.64. The van der Waals surface area contributed by atoms with Crippen LogP contribution in [0.5, 0.6) is 0 Å². The summed E-state index contributed by atoms with van der Waals surface area (Å²) in [5.41, 5.74) is 2.50. The Hall–Kier alpha value is -2.47. The third kappa shape index (κ3) is 3.81. The van der Waals surface area contributed by atoms with Crippen molar-refractivity contribution in [3.63, 3.8) is 0 Å². The van der Waals surface area contributed by atoms with Gasteiger partial charge in [-0.2, -0.15) is 0 Å². The summed E-state index contributed by atoms with van der Waals surface area (Å²) < 4.78 is 14.8. The summed E-state index contributed by atoms with van der Waals surface area (Å²) in [6, 6.07) is 13.0. The van der Waals surface area contributed by atoms with E-state index in [1.165, 1.54) is 23.0 Å². The van der Waals surface area contributed by atoms with E-state index in [2.05, 4.69) is 22.1 Å². The highest BCUT2D eigenvalue weighted by Gasteiger charge is 2.27. The molecule has 0 radical (unpaired) electrons. The van der Waals surface area contributed by atoms with Crippen molar-refractivity contribution in [3.05, 3.63) is 53.8 Å². The third-order valence-electron chi connectivity index (χ3n) is 5.05. The zero-order valence-corrected chi connectivity index (χ0v) is 16.1. The minimum absolute atomic E-state index is 0.0382. The molecule has 2 aromatic carbocycles. The summed E-state index contributed by atoms with van der Waals surface area (Å²) in [7, 11) is 0. The molecule has 0 bridgehead atoms. The van der Waals surface area contributed by atoms with E-state index in [0.29, 0.717) is 12.1 Å². The van der Waals surface area contributed by atoms with Gasteiger partial charge in [-0.3, -0.25) is 4.79 Å². The number of nitrogens with zero attached hydrogens (tertiary/aromatic N) is 2. The van der Waals surface area contributed by atoms with Crippen molar-refractivity contribution in [2.45, 2.75) is 26.2 Å². The number of carbonyl (C=O) groups is 1. The molecule has 0 spiro atoms. The van der Waals surface area contributed by atoms with Crippen LogP contribution in [0.25, 0.3) is 10.2 Å². The Morgan fingerprint density at radius 1 is 1.30 bits per heavy atom. The van der Waals surface area contributed by atoms with E-state index in [1.54, 1.807) is 6.07 Å². The number of piperidine rings is 1. The number of carbonyl (C=O) groups excluding carboxylic acids is 1. The van der Waals surface area contributed by atoms with Crippen LogP contribution in [0.3, 0.4) is 0 Å². The number of hydrogen-bond acceptors (Lipinski definition) is 4. The summed E-state index contributed by atoms with van der Waals surface area (Å²) in [6.07, 6.45) is 2.76. The van der Waals surface area contributed by atoms with Gasteiger partial charge in [-0.1, -0.05) is 36.5 Å². The highest BCUT2D eigenvalue weighted by Crippen LogP contribution is 2.32. The van der Waals surface area contributed by atoms with Gasteiger partial charge in [0.15, 0.2) is 5.13 Å². The minimum Gasteiger partial charge on any atom is -0.347 e. The highest BCUT2D eigenvalue weighted by atomic mass is 32.1. The molecule has 0 aliphatic carbocycles. The molecule has 1 N–H and O–H groups in total. The number of nitrogens with one attached hydrogen (secondary N) is 1. The second-order valence-corrected chi connectivity index (χ2v) is 7.92. The van der Waals surface area contributed by atoms with Crippen molar-refractivity contribution in [3.8, 4) is 0 Å². The molecule has 1 atom stereocenters. The molecule has 4 rings (SSSR count). The van der Waals surface area contributed by atoms with Gasteiger partial charge < -0.3 is 10.2 Å². The lowest BCUT2D eigenvalue weighted by Gasteiger charge is -2.31. The lowest BCUT2D eigenvalue weighted by atomic mass is 9.97. The molecule has 1 aromatic heterocycles. The smallest absolute Gasteiger partial charge is 0.229 e. The summed E-state index contributed by atoms with van der Waals surface area (Å²) >= 11 is 1.48. The predicted octanol–water partition coefficient (Wildman–Crippen LogP) is 4.85. The first-order valence-corrected chi connectivity index (χ1v) is 10.2. The van der Waals surface area contributed by atoms with Gasteiger partial charge >= 0.3 is 0 Å². The predicted molar refractivity (Wildman–Crippen MR) is 109 cm³/mol. The van der Waals surface area contributed by atoms with Crippen LogP contribution >= 0.6 is 11.3 Å². The number of benzene rings is 2. The van der Waals surface area contributed by atoms with E-state index in [0.717, 1.165) is 41.3 Å². The molecule has 1 aliphatic rings. The average Bonchev–Trinajstić information content (AvgIpc) is 3.14. The standard InChI is InChI=1S/C21H22FN3OS/c1-2-14-8-10-16(11-9-14)23-20(26)15-5-4-12-25(13-15)21-24-19-17(22)6-3-7-18(19)27-21/h3,6-11,15H,2,4-5,12-13H2,1H3,(H,23,26). The Morgan fingerprint density at radius 2 is 2.11 bits per heavy atom. The minimum atomic E-state index is -0.295. The number of rotatable bonds is 4. The van der Waals surface area contributed by atoms with Crippen LogP contribution in [0, 0.1) is 11.7 Å². The van der Waals surface area contributed by atoms with Crippen LogP contribution < -0.4 is 10.2 Å². The molecule has 1 unspecified atom stereocenters. The maximum atomic E-state index is 13.9. The van der Waals surface area contributed by atoms with Crippen molar-refractivity contribution in [2.75, 3.05) is 23.3 Å². The Morgan fingerprint density at radius 3 is 2.85 bits per heavy atom. The number of aromatic nitrogens is 1.